The minimum atomic E-state index is 0.359. The molecule has 1 aromatic carbocycles. The number of hydrogen-bond acceptors (Lipinski definition) is 1. The molecule has 0 N–H and O–H groups in total. The fourth-order valence-corrected chi connectivity index (χ4v) is 1.97. The first-order chi connectivity index (χ1) is 7.36. The molecule has 0 aliphatic heterocycles. The summed E-state index contributed by atoms with van der Waals surface area (Å²) in [7, 11) is 0. The van der Waals surface area contributed by atoms with Crippen molar-refractivity contribution in [3.05, 3.63) is 47.5 Å². The highest BCUT2D eigenvalue weighted by Crippen LogP contribution is 2.20. The molecule has 0 saturated heterocycles. The summed E-state index contributed by atoms with van der Waals surface area (Å²) in [5.41, 5.74) is 2.33. The molecule has 2 rings (SSSR count). The number of hydrogen-bond donors (Lipinski definition) is 0. The molecule has 0 bridgehead atoms. The third-order valence-electron chi connectivity index (χ3n) is 2.89. The van der Waals surface area contributed by atoms with E-state index < -0.39 is 0 Å². The van der Waals surface area contributed by atoms with Crippen LogP contribution in [-0.4, -0.2) is 5.78 Å². The number of carbonyl (C=O) groups excluding carboxylic acids is 1. The maximum Gasteiger partial charge on any atom is 0.158 e. The summed E-state index contributed by atoms with van der Waals surface area (Å²) in [6, 6.07) is 10.3. The van der Waals surface area contributed by atoms with Crippen molar-refractivity contribution in [2.45, 2.75) is 32.1 Å². The van der Waals surface area contributed by atoms with Crippen LogP contribution in [0.2, 0.25) is 0 Å². The van der Waals surface area contributed by atoms with Crippen LogP contribution in [0.4, 0.5) is 0 Å². The molecule has 0 radical (unpaired) electrons. The maximum atomic E-state index is 11.5. The Hall–Kier alpha value is -1.37. The first-order valence-corrected chi connectivity index (χ1v) is 5.62. The molecule has 0 heterocycles. The molecule has 1 saturated carbocycles. The van der Waals surface area contributed by atoms with Gasteiger partial charge in [0.1, 0.15) is 0 Å². The van der Waals surface area contributed by atoms with Gasteiger partial charge in [0.15, 0.2) is 5.78 Å². The molecule has 1 aromatic rings. The Morgan fingerprint density at radius 1 is 1.07 bits per heavy atom. The Labute approximate surface area is 90.8 Å². The van der Waals surface area contributed by atoms with Gasteiger partial charge in [-0.05, 0) is 36.8 Å². The zero-order chi connectivity index (χ0) is 10.5. The van der Waals surface area contributed by atoms with E-state index in [2.05, 4.69) is 18.2 Å². The second-order valence-electron chi connectivity index (χ2n) is 4.05. The first kappa shape index (κ1) is 10.2. The third-order valence-corrected chi connectivity index (χ3v) is 2.89. The van der Waals surface area contributed by atoms with Gasteiger partial charge in [0.2, 0.25) is 0 Å². The number of benzene rings is 1. The molecule has 0 unspecified atom stereocenters. The largest absolute Gasteiger partial charge is 0.295 e. The molecule has 0 spiro atoms. The van der Waals surface area contributed by atoms with Gasteiger partial charge in [0, 0.05) is 6.42 Å². The smallest absolute Gasteiger partial charge is 0.158 e. The Bertz CT molecular complexity index is 362. The molecule has 1 aliphatic carbocycles. The van der Waals surface area contributed by atoms with E-state index in [-0.39, 0.29) is 0 Å². The van der Waals surface area contributed by atoms with Gasteiger partial charge in [-0.15, -0.1) is 0 Å². The summed E-state index contributed by atoms with van der Waals surface area (Å²) in [6.45, 7) is 0. The van der Waals surface area contributed by atoms with Crippen molar-refractivity contribution in [3.63, 3.8) is 0 Å². The molecule has 1 aliphatic rings. The first-order valence-electron chi connectivity index (χ1n) is 5.62. The van der Waals surface area contributed by atoms with Gasteiger partial charge in [0.05, 0.1) is 0 Å². The average molecular weight is 200 g/mol. The molecule has 0 aromatic heterocycles. The van der Waals surface area contributed by atoms with Gasteiger partial charge in [0.25, 0.3) is 0 Å². The molecule has 1 fully saturated rings. The van der Waals surface area contributed by atoms with Gasteiger partial charge in [-0.2, -0.15) is 0 Å². The van der Waals surface area contributed by atoms with Crippen molar-refractivity contribution in [1.82, 2.24) is 0 Å². The fraction of sp³-hybridized carbons (Fsp3) is 0.357. The molecule has 15 heavy (non-hydrogen) atoms. The van der Waals surface area contributed by atoms with Crippen LogP contribution in [0, 0.1) is 0 Å². The minimum absolute atomic E-state index is 0.359. The lowest BCUT2D eigenvalue weighted by Gasteiger charge is -2.12. The summed E-state index contributed by atoms with van der Waals surface area (Å²) < 4.78 is 0. The molecule has 0 amide bonds. The van der Waals surface area contributed by atoms with E-state index in [0.717, 1.165) is 31.3 Å². The Morgan fingerprint density at radius 3 is 2.53 bits per heavy atom. The van der Waals surface area contributed by atoms with E-state index in [1.165, 1.54) is 12.0 Å². The van der Waals surface area contributed by atoms with Gasteiger partial charge >= 0.3 is 0 Å². The van der Waals surface area contributed by atoms with E-state index in [1.807, 2.05) is 18.2 Å². The second kappa shape index (κ2) is 4.92. The predicted molar refractivity (Wildman–Crippen MR) is 61.7 cm³/mol. The summed E-state index contributed by atoms with van der Waals surface area (Å²) in [5, 5.41) is 0. The van der Waals surface area contributed by atoms with E-state index >= 15 is 0 Å². The average Bonchev–Trinajstić information content (AvgIpc) is 2.29. The summed E-state index contributed by atoms with van der Waals surface area (Å²) in [4.78, 5) is 11.5. The number of ketones is 1. The lowest BCUT2D eigenvalue weighted by molar-refractivity contribution is -0.116. The molecule has 1 nitrogen and oxygen atoms in total. The van der Waals surface area contributed by atoms with Crippen LogP contribution in [0.5, 0.6) is 0 Å². The van der Waals surface area contributed by atoms with Crippen molar-refractivity contribution in [3.8, 4) is 0 Å². The van der Waals surface area contributed by atoms with Crippen LogP contribution in [0.15, 0.2) is 42.0 Å². The van der Waals surface area contributed by atoms with Crippen molar-refractivity contribution < 1.29 is 4.79 Å². The van der Waals surface area contributed by atoms with Crippen molar-refractivity contribution >= 4 is 5.78 Å². The molecular weight excluding hydrogens is 184 g/mol. The van der Waals surface area contributed by atoms with Crippen molar-refractivity contribution in [2.75, 3.05) is 0 Å². The summed E-state index contributed by atoms with van der Waals surface area (Å²) in [6.07, 6.45) is 6.97. The highest BCUT2D eigenvalue weighted by atomic mass is 16.1. The van der Waals surface area contributed by atoms with Gasteiger partial charge in [-0.1, -0.05) is 36.4 Å². The summed E-state index contributed by atoms with van der Waals surface area (Å²) >= 11 is 0. The fourth-order valence-electron chi connectivity index (χ4n) is 1.97. The summed E-state index contributed by atoms with van der Waals surface area (Å²) in [5.74, 6) is 0.359. The number of allylic oxidation sites excluding steroid dienone is 2. The van der Waals surface area contributed by atoms with E-state index in [4.69, 9.17) is 0 Å². The molecular formula is C14H16O. The number of rotatable bonds is 2. The zero-order valence-electron chi connectivity index (χ0n) is 8.91. The normalized spacial score (nSPS) is 19.5. The highest BCUT2D eigenvalue weighted by molar-refractivity contribution is 5.95. The topological polar surface area (TPSA) is 17.1 Å². The number of carbonyl (C=O) groups is 1. The number of Topliss-reactive ketones (excluding diaryl/α,β-unsaturated/α-hetero) is 1. The van der Waals surface area contributed by atoms with Crippen molar-refractivity contribution in [1.29, 1.82) is 0 Å². The minimum Gasteiger partial charge on any atom is -0.295 e. The van der Waals surface area contributed by atoms with E-state index in [9.17, 15) is 4.79 Å². The maximum absolute atomic E-state index is 11.5. The standard InChI is InChI=1S/C14H16O/c15-14-9-5-4-8-13(14)11-10-12-6-2-1-3-7-12/h1-3,6-7,11H,4-5,8-10H2. The van der Waals surface area contributed by atoms with Crippen LogP contribution in [0.25, 0.3) is 0 Å². The lowest BCUT2D eigenvalue weighted by atomic mass is 9.92. The molecule has 1 heteroatoms. The van der Waals surface area contributed by atoms with Gasteiger partial charge in [-0.3, -0.25) is 4.79 Å². The van der Waals surface area contributed by atoms with Gasteiger partial charge < -0.3 is 0 Å². The predicted octanol–water partition coefficient (Wildman–Crippen LogP) is 3.30. The SMILES string of the molecule is O=C1CCCCC1=CCc1ccccc1. The molecule has 0 atom stereocenters. The van der Waals surface area contributed by atoms with Crippen LogP contribution < -0.4 is 0 Å². The quantitative estimate of drug-likeness (QED) is 0.669. The third kappa shape index (κ3) is 2.79. The second-order valence-corrected chi connectivity index (χ2v) is 4.05. The van der Waals surface area contributed by atoms with Crippen molar-refractivity contribution in [2.24, 2.45) is 0 Å². The van der Waals surface area contributed by atoms with Crippen LogP contribution in [0.1, 0.15) is 31.2 Å². The Morgan fingerprint density at radius 2 is 1.80 bits per heavy atom. The van der Waals surface area contributed by atoms with E-state index in [1.54, 1.807) is 0 Å². The Kier molecular flexibility index (Phi) is 3.33. The van der Waals surface area contributed by atoms with E-state index in [0.29, 0.717) is 5.78 Å². The van der Waals surface area contributed by atoms with Crippen LogP contribution in [-0.2, 0) is 11.2 Å². The molecule has 78 valence electrons. The monoisotopic (exact) mass is 200 g/mol. The van der Waals surface area contributed by atoms with Gasteiger partial charge in [-0.25, -0.2) is 0 Å². The Balaban J connectivity index is 2.01. The van der Waals surface area contributed by atoms with Crippen LogP contribution >= 0.6 is 0 Å². The van der Waals surface area contributed by atoms with Crippen LogP contribution in [0.3, 0.4) is 0 Å². The zero-order valence-corrected chi connectivity index (χ0v) is 8.91. The highest BCUT2D eigenvalue weighted by Gasteiger charge is 2.13. The lowest BCUT2D eigenvalue weighted by Crippen LogP contribution is -2.08.